The van der Waals surface area contributed by atoms with E-state index in [2.05, 4.69) is 5.10 Å². The lowest BCUT2D eigenvalue weighted by Crippen LogP contribution is -1.99. The van der Waals surface area contributed by atoms with Crippen LogP contribution in [0.3, 0.4) is 0 Å². The molecule has 0 saturated carbocycles. The van der Waals surface area contributed by atoms with Gasteiger partial charge in [-0.2, -0.15) is 5.10 Å². The van der Waals surface area contributed by atoms with Crippen molar-refractivity contribution in [1.29, 1.82) is 0 Å². The number of aryl methyl sites for hydroxylation is 1. The fourth-order valence-electron chi connectivity index (χ4n) is 2.96. The van der Waals surface area contributed by atoms with E-state index in [4.69, 9.17) is 9.47 Å². The number of hydrogen-bond acceptors (Lipinski definition) is 4. The lowest BCUT2D eigenvalue weighted by Gasteiger charge is -2.08. The zero-order chi connectivity index (χ0) is 19.4. The number of benzene rings is 2. The largest absolute Gasteiger partial charge is 0.493 e. The molecule has 0 aliphatic heterocycles. The van der Waals surface area contributed by atoms with E-state index in [9.17, 15) is 4.79 Å². The maximum atomic E-state index is 12.6. The molecule has 0 bridgehead atoms. The summed E-state index contributed by atoms with van der Waals surface area (Å²) in [5.74, 6) is 1.01. The van der Waals surface area contributed by atoms with Crippen molar-refractivity contribution in [2.45, 2.75) is 13.8 Å². The second kappa shape index (κ2) is 7.91. The quantitative estimate of drug-likeness (QED) is 0.482. The molecule has 138 valence electrons. The highest BCUT2D eigenvalue weighted by Crippen LogP contribution is 2.28. The second-order valence-electron chi connectivity index (χ2n) is 6.10. The van der Waals surface area contributed by atoms with Crippen LogP contribution in [0, 0.1) is 13.8 Å². The van der Waals surface area contributed by atoms with Gasteiger partial charge in [-0.25, -0.2) is 4.68 Å². The van der Waals surface area contributed by atoms with Gasteiger partial charge in [-0.1, -0.05) is 18.2 Å². The molecular weight excluding hydrogens is 340 g/mol. The van der Waals surface area contributed by atoms with Gasteiger partial charge in [0.05, 0.1) is 25.6 Å². The summed E-state index contributed by atoms with van der Waals surface area (Å²) in [4.78, 5) is 12.6. The third kappa shape index (κ3) is 3.77. The summed E-state index contributed by atoms with van der Waals surface area (Å²) in [6.45, 7) is 3.93. The minimum atomic E-state index is -0.109. The molecule has 0 aliphatic carbocycles. The maximum absolute atomic E-state index is 12.6. The third-order valence-electron chi connectivity index (χ3n) is 4.42. The minimum absolute atomic E-state index is 0.109. The average Bonchev–Trinajstić information content (AvgIpc) is 2.99. The molecule has 0 amide bonds. The van der Waals surface area contributed by atoms with Crippen LogP contribution >= 0.6 is 0 Å². The van der Waals surface area contributed by atoms with Crippen LogP contribution in [-0.4, -0.2) is 29.8 Å². The molecule has 3 aromatic rings. The molecule has 0 unspecified atom stereocenters. The van der Waals surface area contributed by atoms with Crippen molar-refractivity contribution in [1.82, 2.24) is 9.78 Å². The van der Waals surface area contributed by atoms with Crippen molar-refractivity contribution in [2.75, 3.05) is 14.2 Å². The normalized spacial score (nSPS) is 11.0. The molecule has 0 aliphatic rings. The van der Waals surface area contributed by atoms with Crippen molar-refractivity contribution in [2.24, 2.45) is 0 Å². The molecule has 0 radical (unpaired) electrons. The van der Waals surface area contributed by atoms with Gasteiger partial charge in [0.1, 0.15) is 0 Å². The topological polar surface area (TPSA) is 53.3 Å². The van der Waals surface area contributed by atoms with Crippen LogP contribution in [0.25, 0.3) is 11.8 Å². The van der Waals surface area contributed by atoms with Crippen molar-refractivity contribution in [3.8, 4) is 17.2 Å². The monoisotopic (exact) mass is 362 g/mol. The van der Waals surface area contributed by atoms with Crippen LogP contribution < -0.4 is 9.47 Å². The van der Waals surface area contributed by atoms with E-state index in [1.165, 1.54) is 0 Å². The zero-order valence-electron chi connectivity index (χ0n) is 15.9. The molecule has 0 spiro atoms. The molecule has 2 aromatic carbocycles. The Morgan fingerprint density at radius 1 is 1.00 bits per heavy atom. The summed E-state index contributed by atoms with van der Waals surface area (Å²) < 4.78 is 12.4. The van der Waals surface area contributed by atoms with Gasteiger partial charge in [0.15, 0.2) is 17.3 Å². The second-order valence-corrected chi connectivity index (χ2v) is 6.10. The van der Waals surface area contributed by atoms with Gasteiger partial charge in [-0.15, -0.1) is 0 Å². The molecule has 1 heterocycles. The number of rotatable bonds is 6. The van der Waals surface area contributed by atoms with Crippen molar-refractivity contribution < 1.29 is 14.3 Å². The van der Waals surface area contributed by atoms with Crippen molar-refractivity contribution in [3.05, 3.63) is 77.1 Å². The molecule has 0 fully saturated rings. The molecular formula is C22H22N2O3. The first-order chi connectivity index (χ1) is 13.0. The van der Waals surface area contributed by atoms with Gasteiger partial charge in [0.2, 0.25) is 0 Å². The standard InChI is InChI=1S/C22H22N2O3/c1-15-19(16(2)24(23-15)18-8-6-5-7-9-18)11-12-20(25)17-10-13-21(26-3)22(14-17)27-4/h5-14H,1-4H3/b12-11+. The Morgan fingerprint density at radius 2 is 1.70 bits per heavy atom. The number of allylic oxidation sites excluding steroid dienone is 1. The number of para-hydroxylation sites is 1. The van der Waals surface area contributed by atoms with E-state index in [1.807, 2.05) is 54.9 Å². The Kier molecular flexibility index (Phi) is 5.41. The van der Waals surface area contributed by atoms with E-state index in [0.717, 1.165) is 22.6 Å². The number of nitrogens with zero attached hydrogens (tertiary/aromatic N) is 2. The lowest BCUT2D eigenvalue weighted by atomic mass is 10.1. The first-order valence-electron chi connectivity index (χ1n) is 8.61. The van der Waals surface area contributed by atoms with E-state index in [-0.39, 0.29) is 5.78 Å². The Labute approximate surface area is 158 Å². The summed E-state index contributed by atoms with van der Waals surface area (Å²) in [5.41, 5.74) is 4.31. The van der Waals surface area contributed by atoms with E-state index < -0.39 is 0 Å². The average molecular weight is 362 g/mol. The zero-order valence-corrected chi connectivity index (χ0v) is 15.9. The van der Waals surface area contributed by atoms with E-state index in [0.29, 0.717) is 17.1 Å². The van der Waals surface area contributed by atoms with E-state index in [1.54, 1.807) is 38.5 Å². The molecule has 0 N–H and O–H groups in total. The summed E-state index contributed by atoms with van der Waals surface area (Å²) in [5, 5.41) is 4.60. The summed E-state index contributed by atoms with van der Waals surface area (Å²) >= 11 is 0. The van der Waals surface area contributed by atoms with Gasteiger partial charge in [0, 0.05) is 16.8 Å². The Bertz CT molecular complexity index is 988. The summed E-state index contributed by atoms with van der Waals surface area (Å²) in [6, 6.07) is 15.1. The maximum Gasteiger partial charge on any atom is 0.185 e. The van der Waals surface area contributed by atoms with Crippen LogP contribution in [0.2, 0.25) is 0 Å². The third-order valence-corrected chi connectivity index (χ3v) is 4.42. The highest BCUT2D eigenvalue weighted by Gasteiger charge is 2.12. The molecule has 5 nitrogen and oxygen atoms in total. The van der Waals surface area contributed by atoms with Gasteiger partial charge < -0.3 is 9.47 Å². The molecule has 1 aromatic heterocycles. The first kappa shape index (κ1) is 18.5. The fraction of sp³-hybridized carbons (Fsp3) is 0.182. The lowest BCUT2D eigenvalue weighted by molar-refractivity contribution is 0.104. The predicted molar refractivity (Wildman–Crippen MR) is 106 cm³/mol. The van der Waals surface area contributed by atoms with Crippen molar-refractivity contribution in [3.63, 3.8) is 0 Å². The van der Waals surface area contributed by atoms with Crippen LogP contribution in [0.1, 0.15) is 27.3 Å². The molecule has 27 heavy (non-hydrogen) atoms. The van der Waals surface area contributed by atoms with Gasteiger partial charge in [-0.05, 0) is 56.3 Å². The SMILES string of the molecule is COc1ccc(C(=O)/C=C/c2c(C)nn(-c3ccccc3)c2C)cc1OC. The highest BCUT2D eigenvalue weighted by atomic mass is 16.5. The van der Waals surface area contributed by atoms with Gasteiger partial charge >= 0.3 is 0 Å². The minimum Gasteiger partial charge on any atom is -0.493 e. The van der Waals surface area contributed by atoms with Gasteiger partial charge in [-0.3, -0.25) is 4.79 Å². The van der Waals surface area contributed by atoms with Crippen LogP contribution in [0.5, 0.6) is 11.5 Å². The summed E-state index contributed by atoms with van der Waals surface area (Å²) in [6.07, 6.45) is 3.38. The highest BCUT2D eigenvalue weighted by molar-refractivity contribution is 6.07. The van der Waals surface area contributed by atoms with Crippen LogP contribution in [0.4, 0.5) is 0 Å². The fourth-order valence-corrected chi connectivity index (χ4v) is 2.96. The number of ether oxygens (including phenoxy) is 2. The number of carbonyl (C=O) groups is 1. The Balaban J connectivity index is 1.88. The summed E-state index contributed by atoms with van der Waals surface area (Å²) in [7, 11) is 3.11. The Hall–Kier alpha value is -3.34. The number of methoxy groups -OCH3 is 2. The molecule has 3 rings (SSSR count). The predicted octanol–water partition coefficient (Wildman–Crippen LogP) is 4.40. The number of aromatic nitrogens is 2. The Morgan fingerprint density at radius 3 is 2.37 bits per heavy atom. The van der Waals surface area contributed by atoms with Crippen LogP contribution in [0.15, 0.2) is 54.6 Å². The molecule has 5 heteroatoms. The molecule has 0 atom stereocenters. The van der Waals surface area contributed by atoms with E-state index >= 15 is 0 Å². The smallest absolute Gasteiger partial charge is 0.185 e. The molecule has 0 saturated heterocycles. The van der Waals surface area contributed by atoms with Crippen molar-refractivity contribution >= 4 is 11.9 Å². The van der Waals surface area contributed by atoms with Crippen LogP contribution in [-0.2, 0) is 0 Å². The first-order valence-corrected chi connectivity index (χ1v) is 8.61. The van der Waals surface area contributed by atoms with Gasteiger partial charge in [0.25, 0.3) is 0 Å². The number of ketones is 1. The number of carbonyl (C=O) groups excluding carboxylic acids is 1. The number of hydrogen-bond donors (Lipinski definition) is 0.